The highest BCUT2D eigenvalue weighted by Gasteiger charge is 2.11. The van der Waals surface area contributed by atoms with E-state index in [2.05, 4.69) is 21.2 Å². The molecular formula is C15H12BrFN2O2. The fourth-order valence-electron chi connectivity index (χ4n) is 1.71. The zero-order valence-electron chi connectivity index (χ0n) is 10.9. The number of nitrogens with one attached hydrogen (secondary N) is 1. The SMILES string of the molecule is NC(=O)c1ccc(F)c(NC(=O)c2ccc(CBr)cc2)c1. The molecule has 108 valence electrons. The van der Waals surface area contributed by atoms with Gasteiger partial charge in [-0.2, -0.15) is 0 Å². The molecule has 0 saturated heterocycles. The number of alkyl halides is 1. The molecule has 2 aromatic rings. The molecule has 0 heterocycles. The monoisotopic (exact) mass is 350 g/mol. The van der Waals surface area contributed by atoms with E-state index in [0.29, 0.717) is 10.9 Å². The zero-order chi connectivity index (χ0) is 15.4. The topological polar surface area (TPSA) is 72.2 Å². The Balaban J connectivity index is 2.22. The highest BCUT2D eigenvalue weighted by Crippen LogP contribution is 2.17. The van der Waals surface area contributed by atoms with Gasteiger partial charge in [0.15, 0.2) is 0 Å². The van der Waals surface area contributed by atoms with Gasteiger partial charge in [0.2, 0.25) is 5.91 Å². The van der Waals surface area contributed by atoms with Gasteiger partial charge in [-0.15, -0.1) is 0 Å². The first-order valence-corrected chi connectivity index (χ1v) is 7.19. The van der Waals surface area contributed by atoms with Crippen LogP contribution in [0.3, 0.4) is 0 Å². The fourth-order valence-corrected chi connectivity index (χ4v) is 2.09. The third kappa shape index (κ3) is 3.66. The molecule has 0 aliphatic rings. The Morgan fingerprint density at radius 3 is 2.29 bits per heavy atom. The molecule has 2 rings (SSSR count). The first-order valence-electron chi connectivity index (χ1n) is 6.07. The summed E-state index contributed by atoms with van der Waals surface area (Å²) in [6.07, 6.45) is 0. The van der Waals surface area contributed by atoms with Crippen molar-refractivity contribution >= 4 is 33.4 Å². The van der Waals surface area contributed by atoms with Crippen molar-refractivity contribution in [1.29, 1.82) is 0 Å². The number of anilines is 1. The van der Waals surface area contributed by atoms with Crippen LogP contribution >= 0.6 is 15.9 Å². The largest absolute Gasteiger partial charge is 0.366 e. The number of hydrogen-bond donors (Lipinski definition) is 2. The smallest absolute Gasteiger partial charge is 0.255 e. The van der Waals surface area contributed by atoms with Gasteiger partial charge in [0.25, 0.3) is 5.91 Å². The molecule has 0 unspecified atom stereocenters. The molecule has 6 heteroatoms. The molecule has 2 aromatic carbocycles. The maximum absolute atomic E-state index is 13.7. The van der Waals surface area contributed by atoms with Gasteiger partial charge in [0, 0.05) is 16.5 Å². The van der Waals surface area contributed by atoms with Crippen LogP contribution in [-0.4, -0.2) is 11.8 Å². The number of benzene rings is 2. The van der Waals surface area contributed by atoms with E-state index in [1.54, 1.807) is 24.3 Å². The molecule has 0 spiro atoms. The molecule has 0 saturated carbocycles. The summed E-state index contributed by atoms with van der Waals surface area (Å²) in [5.74, 6) is -1.78. The Labute approximate surface area is 129 Å². The van der Waals surface area contributed by atoms with Crippen molar-refractivity contribution in [1.82, 2.24) is 0 Å². The standard InChI is InChI=1S/C15H12BrFN2O2/c16-8-9-1-3-10(4-2-9)15(21)19-13-7-11(14(18)20)5-6-12(13)17/h1-7H,8H2,(H2,18,20)(H,19,21). The fraction of sp³-hybridized carbons (Fsp3) is 0.0667. The van der Waals surface area contributed by atoms with Gasteiger partial charge in [0.05, 0.1) is 5.69 Å². The van der Waals surface area contributed by atoms with Crippen LogP contribution in [0.5, 0.6) is 0 Å². The highest BCUT2D eigenvalue weighted by atomic mass is 79.9. The Kier molecular flexibility index (Phi) is 4.70. The number of primary amides is 1. The summed E-state index contributed by atoms with van der Waals surface area (Å²) in [7, 11) is 0. The highest BCUT2D eigenvalue weighted by molar-refractivity contribution is 9.08. The minimum Gasteiger partial charge on any atom is -0.366 e. The first kappa shape index (κ1) is 15.2. The molecule has 4 nitrogen and oxygen atoms in total. The lowest BCUT2D eigenvalue weighted by Crippen LogP contribution is -2.15. The average molecular weight is 351 g/mol. The van der Waals surface area contributed by atoms with Gasteiger partial charge in [0.1, 0.15) is 5.82 Å². The number of amides is 2. The van der Waals surface area contributed by atoms with Crippen LogP contribution in [0.1, 0.15) is 26.3 Å². The van der Waals surface area contributed by atoms with Crippen molar-refractivity contribution in [2.24, 2.45) is 5.73 Å². The van der Waals surface area contributed by atoms with Gasteiger partial charge in [-0.05, 0) is 35.9 Å². The number of rotatable bonds is 4. The lowest BCUT2D eigenvalue weighted by Gasteiger charge is -2.08. The van der Waals surface area contributed by atoms with Crippen LogP contribution < -0.4 is 11.1 Å². The lowest BCUT2D eigenvalue weighted by atomic mass is 10.1. The third-order valence-electron chi connectivity index (χ3n) is 2.87. The van der Waals surface area contributed by atoms with Crippen molar-refractivity contribution in [2.75, 3.05) is 5.32 Å². The summed E-state index contributed by atoms with van der Waals surface area (Å²) < 4.78 is 13.7. The molecule has 0 fully saturated rings. The number of carbonyl (C=O) groups is 2. The van der Waals surface area contributed by atoms with E-state index in [-0.39, 0.29) is 11.3 Å². The molecule has 0 radical (unpaired) electrons. The number of nitrogens with two attached hydrogens (primary N) is 1. The van der Waals surface area contributed by atoms with Crippen LogP contribution in [0.15, 0.2) is 42.5 Å². The summed E-state index contributed by atoms with van der Waals surface area (Å²) >= 11 is 3.31. The second kappa shape index (κ2) is 6.49. The van der Waals surface area contributed by atoms with Gasteiger partial charge >= 0.3 is 0 Å². The minimum atomic E-state index is -0.688. The summed E-state index contributed by atoms with van der Waals surface area (Å²) in [6, 6.07) is 10.4. The molecule has 2 amide bonds. The number of carbonyl (C=O) groups excluding carboxylic acids is 2. The van der Waals surface area contributed by atoms with E-state index in [1.165, 1.54) is 12.1 Å². The predicted octanol–water partition coefficient (Wildman–Crippen LogP) is 3.07. The zero-order valence-corrected chi connectivity index (χ0v) is 12.5. The Morgan fingerprint density at radius 2 is 1.71 bits per heavy atom. The number of halogens is 2. The van der Waals surface area contributed by atoms with Crippen molar-refractivity contribution < 1.29 is 14.0 Å². The van der Waals surface area contributed by atoms with E-state index < -0.39 is 17.6 Å². The van der Waals surface area contributed by atoms with Crippen molar-refractivity contribution in [2.45, 2.75) is 5.33 Å². The third-order valence-corrected chi connectivity index (χ3v) is 3.52. The van der Waals surface area contributed by atoms with Gasteiger partial charge < -0.3 is 11.1 Å². The van der Waals surface area contributed by atoms with Crippen molar-refractivity contribution in [3.8, 4) is 0 Å². The quantitative estimate of drug-likeness (QED) is 0.831. The van der Waals surface area contributed by atoms with Crippen LogP contribution in [0.2, 0.25) is 0 Å². The predicted molar refractivity (Wildman–Crippen MR) is 81.9 cm³/mol. The van der Waals surface area contributed by atoms with E-state index in [9.17, 15) is 14.0 Å². The minimum absolute atomic E-state index is 0.0825. The molecule has 21 heavy (non-hydrogen) atoms. The van der Waals surface area contributed by atoms with Crippen LogP contribution in [0.25, 0.3) is 0 Å². The van der Waals surface area contributed by atoms with Crippen LogP contribution in [-0.2, 0) is 5.33 Å². The normalized spacial score (nSPS) is 10.2. The molecule has 0 aliphatic carbocycles. The van der Waals surface area contributed by atoms with Crippen molar-refractivity contribution in [3.63, 3.8) is 0 Å². The lowest BCUT2D eigenvalue weighted by molar-refractivity contribution is 0.0996. The maximum atomic E-state index is 13.7. The Hall–Kier alpha value is -2.21. The Bertz CT molecular complexity index is 687. The van der Waals surface area contributed by atoms with Crippen LogP contribution in [0.4, 0.5) is 10.1 Å². The summed E-state index contributed by atoms with van der Waals surface area (Å²) in [5, 5.41) is 3.11. The molecule has 0 bridgehead atoms. The second-order valence-electron chi connectivity index (χ2n) is 4.34. The second-order valence-corrected chi connectivity index (χ2v) is 4.90. The summed E-state index contributed by atoms with van der Waals surface area (Å²) in [4.78, 5) is 23.1. The molecule has 0 aliphatic heterocycles. The van der Waals surface area contributed by atoms with E-state index in [0.717, 1.165) is 11.6 Å². The van der Waals surface area contributed by atoms with E-state index in [1.807, 2.05) is 0 Å². The van der Waals surface area contributed by atoms with Crippen molar-refractivity contribution in [3.05, 3.63) is 65.0 Å². The average Bonchev–Trinajstić information content (AvgIpc) is 2.49. The first-order chi connectivity index (χ1) is 10.0. The van der Waals surface area contributed by atoms with Crippen LogP contribution in [0, 0.1) is 5.82 Å². The summed E-state index contributed by atoms with van der Waals surface area (Å²) in [5.41, 5.74) is 6.59. The molecular weight excluding hydrogens is 339 g/mol. The molecule has 0 aromatic heterocycles. The maximum Gasteiger partial charge on any atom is 0.255 e. The van der Waals surface area contributed by atoms with Gasteiger partial charge in [-0.25, -0.2) is 4.39 Å². The molecule has 3 N–H and O–H groups in total. The van der Waals surface area contributed by atoms with E-state index in [4.69, 9.17) is 5.73 Å². The van der Waals surface area contributed by atoms with E-state index >= 15 is 0 Å². The summed E-state index contributed by atoms with van der Waals surface area (Å²) in [6.45, 7) is 0. The van der Waals surface area contributed by atoms with Gasteiger partial charge in [-0.3, -0.25) is 9.59 Å². The van der Waals surface area contributed by atoms with Gasteiger partial charge in [-0.1, -0.05) is 28.1 Å². The number of hydrogen-bond acceptors (Lipinski definition) is 2. The molecule has 0 atom stereocenters. The Morgan fingerprint density at radius 1 is 1.10 bits per heavy atom.